The van der Waals surface area contributed by atoms with E-state index in [9.17, 15) is 13.2 Å². The Bertz CT molecular complexity index is 724. The number of thiophene rings is 1. The van der Waals surface area contributed by atoms with Gasteiger partial charge in [0.15, 0.2) is 0 Å². The zero-order valence-corrected chi connectivity index (χ0v) is 13.4. The highest BCUT2D eigenvalue weighted by Crippen LogP contribution is 2.22. The van der Waals surface area contributed by atoms with Crippen molar-refractivity contribution in [3.63, 3.8) is 0 Å². The minimum atomic E-state index is -3.51. The topological polar surface area (TPSA) is 66.5 Å². The fourth-order valence-corrected chi connectivity index (χ4v) is 3.97. The van der Waals surface area contributed by atoms with Crippen LogP contribution in [0, 0.1) is 0 Å². The maximum absolute atomic E-state index is 12.2. The number of para-hydroxylation sites is 1. The Kier molecular flexibility index (Phi) is 4.76. The molecule has 0 fully saturated rings. The summed E-state index contributed by atoms with van der Waals surface area (Å²) in [5, 5.41) is 4.22. The molecule has 7 heteroatoms. The van der Waals surface area contributed by atoms with Gasteiger partial charge in [0.05, 0.1) is 9.77 Å². The highest BCUT2D eigenvalue weighted by atomic mass is 32.2. The van der Waals surface area contributed by atoms with Crippen LogP contribution < -0.4 is 5.32 Å². The Hall–Kier alpha value is -1.70. The summed E-state index contributed by atoms with van der Waals surface area (Å²) in [6, 6.07) is 10.4. The van der Waals surface area contributed by atoms with E-state index < -0.39 is 10.0 Å². The van der Waals surface area contributed by atoms with Crippen LogP contribution in [0.25, 0.3) is 0 Å². The van der Waals surface area contributed by atoms with Gasteiger partial charge in [0.2, 0.25) is 10.0 Å². The quantitative estimate of drug-likeness (QED) is 0.919. The fourth-order valence-electron chi connectivity index (χ4n) is 1.64. The lowest BCUT2D eigenvalue weighted by Crippen LogP contribution is -2.26. The van der Waals surface area contributed by atoms with Gasteiger partial charge < -0.3 is 5.32 Å². The van der Waals surface area contributed by atoms with E-state index in [0.29, 0.717) is 17.1 Å². The number of nitrogens with zero attached hydrogens (tertiary/aromatic N) is 1. The molecule has 5 nitrogen and oxygen atoms in total. The van der Waals surface area contributed by atoms with Crippen LogP contribution in [0.5, 0.6) is 0 Å². The van der Waals surface area contributed by atoms with Crippen molar-refractivity contribution in [3.8, 4) is 0 Å². The average molecular weight is 324 g/mol. The van der Waals surface area contributed by atoms with Gasteiger partial charge in [-0.3, -0.25) is 4.79 Å². The van der Waals surface area contributed by atoms with E-state index >= 15 is 0 Å². The molecule has 0 saturated heterocycles. The van der Waals surface area contributed by atoms with E-state index in [4.69, 9.17) is 0 Å². The van der Waals surface area contributed by atoms with Crippen molar-refractivity contribution in [2.24, 2.45) is 0 Å². The van der Waals surface area contributed by atoms with Crippen molar-refractivity contribution in [3.05, 3.63) is 46.7 Å². The maximum atomic E-state index is 12.2. The number of anilines is 1. The molecule has 0 saturated carbocycles. The predicted octanol–water partition coefficient (Wildman–Crippen LogP) is 2.64. The van der Waals surface area contributed by atoms with Crippen molar-refractivity contribution in [2.75, 3.05) is 18.9 Å². The molecule has 21 heavy (non-hydrogen) atoms. The van der Waals surface area contributed by atoms with Gasteiger partial charge in [-0.05, 0) is 18.2 Å². The van der Waals surface area contributed by atoms with Crippen molar-refractivity contribution >= 4 is 33.0 Å². The maximum Gasteiger partial charge on any atom is 0.265 e. The second-order valence-electron chi connectivity index (χ2n) is 4.39. The second-order valence-corrected chi connectivity index (χ2v) is 7.34. The van der Waals surface area contributed by atoms with Gasteiger partial charge in [0, 0.05) is 24.7 Å². The van der Waals surface area contributed by atoms with E-state index in [1.165, 1.54) is 22.8 Å². The minimum absolute atomic E-state index is 0.148. The first-order chi connectivity index (χ1) is 9.95. The zero-order valence-electron chi connectivity index (χ0n) is 11.7. The van der Waals surface area contributed by atoms with Crippen molar-refractivity contribution in [1.29, 1.82) is 0 Å². The van der Waals surface area contributed by atoms with Gasteiger partial charge in [-0.25, -0.2) is 12.7 Å². The summed E-state index contributed by atoms with van der Waals surface area (Å²) in [5.41, 5.74) is 0.672. The standard InChI is InChI=1S/C14H16N2O3S2/c1-3-16(2)21(18,19)12-9-13(20-10-12)14(17)15-11-7-5-4-6-8-11/h4-10H,3H2,1-2H3,(H,15,17). The highest BCUT2D eigenvalue weighted by Gasteiger charge is 2.22. The Balaban J connectivity index is 2.19. The largest absolute Gasteiger partial charge is 0.321 e. The van der Waals surface area contributed by atoms with Crippen LogP contribution in [-0.4, -0.2) is 32.2 Å². The number of hydrogen-bond donors (Lipinski definition) is 1. The molecule has 0 unspecified atom stereocenters. The Morgan fingerprint density at radius 1 is 1.29 bits per heavy atom. The number of hydrogen-bond acceptors (Lipinski definition) is 4. The number of carbonyl (C=O) groups excluding carboxylic acids is 1. The van der Waals surface area contributed by atoms with E-state index in [0.717, 1.165) is 11.3 Å². The van der Waals surface area contributed by atoms with Gasteiger partial charge in [-0.15, -0.1) is 11.3 Å². The summed E-state index contributed by atoms with van der Waals surface area (Å²) in [6.07, 6.45) is 0. The van der Waals surface area contributed by atoms with Gasteiger partial charge in [-0.1, -0.05) is 25.1 Å². The summed E-state index contributed by atoms with van der Waals surface area (Å²) in [4.78, 5) is 12.6. The van der Waals surface area contributed by atoms with Crippen LogP contribution in [-0.2, 0) is 10.0 Å². The number of nitrogens with one attached hydrogen (secondary N) is 1. The molecule has 1 N–H and O–H groups in total. The first-order valence-electron chi connectivity index (χ1n) is 6.36. The SMILES string of the molecule is CCN(C)S(=O)(=O)c1csc(C(=O)Nc2ccccc2)c1. The lowest BCUT2D eigenvalue weighted by atomic mass is 10.3. The molecule has 0 aliphatic heterocycles. The second kappa shape index (κ2) is 6.38. The molecule has 0 radical (unpaired) electrons. The first kappa shape index (κ1) is 15.7. The van der Waals surface area contributed by atoms with E-state index in [1.807, 2.05) is 18.2 Å². The minimum Gasteiger partial charge on any atom is -0.321 e. The van der Waals surface area contributed by atoms with Gasteiger partial charge in [0.1, 0.15) is 0 Å². The monoisotopic (exact) mass is 324 g/mol. The first-order valence-corrected chi connectivity index (χ1v) is 8.68. The van der Waals surface area contributed by atoms with Crippen LogP contribution >= 0.6 is 11.3 Å². The Morgan fingerprint density at radius 2 is 1.95 bits per heavy atom. The lowest BCUT2D eigenvalue weighted by molar-refractivity contribution is 0.103. The third-order valence-corrected chi connectivity index (χ3v) is 5.97. The fraction of sp³-hybridized carbons (Fsp3) is 0.214. The molecule has 2 aromatic rings. The Labute approximate surface area is 128 Å². The number of benzene rings is 1. The molecular weight excluding hydrogens is 308 g/mol. The van der Waals surface area contributed by atoms with Crippen LogP contribution in [0.15, 0.2) is 46.7 Å². The molecule has 0 atom stereocenters. The Morgan fingerprint density at radius 3 is 2.57 bits per heavy atom. The van der Waals surface area contributed by atoms with E-state index in [-0.39, 0.29) is 10.8 Å². The lowest BCUT2D eigenvalue weighted by Gasteiger charge is -2.12. The average Bonchev–Trinajstić information content (AvgIpc) is 2.98. The number of carbonyl (C=O) groups is 1. The molecule has 0 aliphatic carbocycles. The predicted molar refractivity (Wildman–Crippen MR) is 84.2 cm³/mol. The summed E-state index contributed by atoms with van der Waals surface area (Å²) >= 11 is 1.11. The molecule has 1 aromatic heterocycles. The van der Waals surface area contributed by atoms with Crippen molar-refractivity contribution in [2.45, 2.75) is 11.8 Å². The summed E-state index contributed by atoms with van der Waals surface area (Å²) in [6.45, 7) is 2.14. The van der Waals surface area contributed by atoms with Crippen LogP contribution in [0.4, 0.5) is 5.69 Å². The summed E-state index contributed by atoms with van der Waals surface area (Å²) < 4.78 is 25.6. The molecule has 1 aromatic carbocycles. The molecule has 112 valence electrons. The van der Waals surface area contributed by atoms with E-state index in [1.54, 1.807) is 19.1 Å². The zero-order chi connectivity index (χ0) is 15.5. The normalized spacial score (nSPS) is 11.6. The van der Waals surface area contributed by atoms with Gasteiger partial charge in [-0.2, -0.15) is 0 Å². The highest BCUT2D eigenvalue weighted by molar-refractivity contribution is 7.89. The van der Waals surface area contributed by atoms with E-state index in [2.05, 4.69) is 5.32 Å². The smallest absolute Gasteiger partial charge is 0.265 e. The van der Waals surface area contributed by atoms with Crippen LogP contribution in [0.2, 0.25) is 0 Å². The molecule has 0 spiro atoms. The number of rotatable bonds is 5. The third kappa shape index (κ3) is 3.49. The molecule has 1 heterocycles. The van der Waals surface area contributed by atoms with Gasteiger partial charge >= 0.3 is 0 Å². The molecule has 0 aliphatic rings. The van der Waals surface area contributed by atoms with Crippen LogP contribution in [0.3, 0.4) is 0 Å². The van der Waals surface area contributed by atoms with Crippen molar-refractivity contribution < 1.29 is 13.2 Å². The summed E-state index contributed by atoms with van der Waals surface area (Å²) in [5.74, 6) is -0.313. The molecule has 1 amide bonds. The van der Waals surface area contributed by atoms with Gasteiger partial charge in [0.25, 0.3) is 5.91 Å². The molecular formula is C14H16N2O3S2. The number of amides is 1. The summed E-state index contributed by atoms with van der Waals surface area (Å²) in [7, 11) is -2.00. The molecule has 0 bridgehead atoms. The molecule has 2 rings (SSSR count). The van der Waals surface area contributed by atoms with Crippen molar-refractivity contribution in [1.82, 2.24) is 4.31 Å². The third-order valence-electron chi connectivity index (χ3n) is 2.98. The number of sulfonamides is 1. The van der Waals surface area contributed by atoms with Crippen LogP contribution in [0.1, 0.15) is 16.6 Å².